The number of hydrogen-bond donors (Lipinski definition) is 0. The van der Waals surface area contributed by atoms with Crippen molar-refractivity contribution in [2.45, 2.75) is 15.7 Å². The maximum absolute atomic E-state index is 10.3. The first kappa shape index (κ1) is 10.8. The fourth-order valence-corrected chi connectivity index (χ4v) is 0.609. The van der Waals surface area contributed by atoms with E-state index in [2.05, 4.69) is 20.7 Å². The maximum atomic E-state index is 10.3. The van der Waals surface area contributed by atoms with Gasteiger partial charge >= 0.3 is 5.97 Å². The molecule has 0 aromatic rings. The smallest absolute Gasteiger partial charge is 0.303 e. The van der Waals surface area contributed by atoms with Gasteiger partial charge in [-0.05, 0) is 15.9 Å². The lowest BCUT2D eigenvalue weighted by molar-refractivity contribution is -0.141. The minimum absolute atomic E-state index is 0.506. The maximum Gasteiger partial charge on any atom is 0.303 e. The molecule has 6 heteroatoms. The highest BCUT2D eigenvalue weighted by Gasteiger charge is 2.32. The fourth-order valence-electron chi connectivity index (χ4n) is 0.213. The summed E-state index contributed by atoms with van der Waals surface area (Å²) in [4.78, 5) is 10.3. The van der Waals surface area contributed by atoms with Crippen molar-refractivity contribution in [1.82, 2.24) is 0 Å². The van der Waals surface area contributed by atoms with Crippen molar-refractivity contribution in [2.75, 3.05) is 0 Å². The zero-order valence-corrected chi connectivity index (χ0v) is 8.76. The summed E-state index contributed by atoms with van der Waals surface area (Å²) in [6.07, 6.45) is 0. The first-order valence-corrected chi connectivity index (χ1v) is 4.27. The van der Waals surface area contributed by atoms with Crippen molar-refractivity contribution in [3.05, 3.63) is 0 Å². The zero-order valence-electron chi connectivity index (χ0n) is 4.91. The molecule has 0 heterocycles. The van der Waals surface area contributed by atoms with E-state index in [-0.39, 0.29) is 0 Å². The molecule has 0 aliphatic heterocycles. The molecule has 0 radical (unpaired) electrons. The summed E-state index contributed by atoms with van der Waals surface area (Å²) in [7, 11) is 0. The topological polar surface area (TPSA) is 26.3 Å². The Morgan fingerprint density at radius 3 is 2.10 bits per heavy atom. The predicted octanol–water partition coefficient (Wildman–Crippen LogP) is 2.64. The number of carbonyl (C=O) groups excluding carboxylic acids is 1. The number of ether oxygens (including phenoxy) is 1. The van der Waals surface area contributed by atoms with Gasteiger partial charge in [0, 0.05) is 6.92 Å². The highest BCUT2D eigenvalue weighted by Crippen LogP contribution is 2.35. The second-order valence-electron chi connectivity index (χ2n) is 1.47. The van der Waals surface area contributed by atoms with E-state index < -0.39 is 14.8 Å². The van der Waals surface area contributed by atoms with Gasteiger partial charge in [0.25, 0.3) is 0 Å². The van der Waals surface area contributed by atoms with E-state index in [9.17, 15) is 4.79 Å². The molecule has 0 saturated carbocycles. The van der Waals surface area contributed by atoms with Gasteiger partial charge in [-0.25, -0.2) is 0 Å². The molecule has 0 rings (SSSR count). The molecule has 0 fully saturated rings. The summed E-state index contributed by atoms with van der Waals surface area (Å²) in [5.41, 5.74) is 0. The number of hydrogen-bond acceptors (Lipinski definition) is 2. The van der Waals surface area contributed by atoms with E-state index in [0.29, 0.717) is 0 Å². The van der Waals surface area contributed by atoms with E-state index in [1.54, 1.807) is 0 Å². The number of rotatable bonds is 1. The van der Waals surface area contributed by atoms with Gasteiger partial charge in [0.1, 0.15) is 0 Å². The molecule has 2 nitrogen and oxygen atoms in total. The standard InChI is InChI=1S/C4H4BrCl3O2/c1-2(9)10-3(5)4(6,7)8/h3H,1H3. The second kappa shape index (κ2) is 4.00. The van der Waals surface area contributed by atoms with Crippen LogP contribution in [-0.4, -0.2) is 14.8 Å². The summed E-state index contributed by atoms with van der Waals surface area (Å²) in [6.45, 7) is 1.23. The van der Waals surface area contributed by atoms with Gasteiger partial charge < -0.3 is 4.74 Å². The monoisotopic (exact) mass is 268 g/mol. The third kappa shape index (κ3) is 4.61. The summed E-state index contributed by atoms with van der Waals surface area (Å²) in [5, 5.41) is -0.900. The molecule has 0 aromatic heterocycles. The third-order valence-corrected chi connectivity index (χ3v) is 2.79. The molecule has 0 aliphatic carbocycles. The van der Waals surface area contributed by atoms with Crippen LogP contribution >= 0.6 is 50.7 Å². The molecule has 0 N–H and O–H groups in total. The van der Waals surface area contributed by atoms with Crippen LogP contribution in [0.3, 0.4) is 0 Å². The Bertz CT molecular complexity index is 133. The number of alkyl halides is 4. The number of esters is 1. The first-order chi connectivity index (χ1) is 4.34. The normalized spacial score (nSPS) is 14.5. The summed E-state index contributed by atoms with van der Waals surface area (Å²) < 4.78 is 2.88. The van der Waals surface area contributed by atoms with Gasteiger partial charge in [0.05, 0.1) is 0 Å². The Morgan fingerprint density at radius 2 is 2.00 bits per heavy atom. The molecule has 1 unspecified atom stereocenters. The quantitative estimate of drug-likeness (QED) is 0.541. The van der Waals surface area contributed by atoms with Crippen LogP contribution in [0.5, 0.6) is 0 Å². The fraction of sp³-hybridized carbons (Fsp3) is 0.750. The predicted molar refractivity (Wildman–Crippen MR) is 44.8 cm³/mol. The number of carbonyl (C=O) groups is 1. The van der Waals surface area contributed by atoms with Gasteiger partial charge in [-0.2, -0.15) is 0 Å². The molecular formula is C4H4BrCl3O2. The molecular weight excluding hydrogens is 266 g/mol. The van der Waals surface area contributed by atoms with Crippen LogP contribution in [0.4, 0.5) is 0 Å². The van der Waals surface area contributed by atoms with Gasteiger partial charge in [-0.15, -0.1) is 0 Å². The van der Waals surface area contributed by atoms with Crippen molar-refractivity contribution in [1.29, 1.82) is 0 Å². The van der Waals surface area contributed by atoms with Crippen molar-refractivity contribution in [2.24, 2.45) is 0 Å². The number of halogens is 4. The Labute approximate surface area is 81.9 Å². The van der Waals surface area contributed by atoms with Crippen molar-refractivity contribution < 1.29 is 9.53 Å². The summed E-state index contributed by atoms with van der Waals surface area (Å²) in [5.74, 6) is -0.506. The van der Waals surface area contributed by atoms with Crippen LogP contribution in [0.15, 0.2) is 0 Å². The lowest BCUT2D eigenvalue weighted by Gasteiger charge is -2.17. The Hall–Kier alpha value is 0.820. The lowest BCUT2D eigenvalue weighted by Crippen LogP contribution is -2.24. The minimum atomic E-state index is -1.62. The van der Waals surface area contributed by atoms with E-state index >= 15 is 0 Å². The van der Waals surface area contributed by atoms with Crippen LogP contribution in [0.1, 0.15) is 6.92 Å². The van der Waals surface area contributed by atoms with Gasteiger partial charge in [0.2, 0.25) is 8.81 Å². The summed E-state index contributed by atoms with van der Waals surface area (Å²) >= 11 is 18.9. The lowest BCUT2D eigenvalue weighted by atomic mass is 10.7. The summed E-state index contributed by atoms with van der Waals surface area (Å²) in [6, 6.07) is 0. The Balaban J connectivity index is 3.85. The Kier molecular flexibility index (Phi) is 4.33. The van der Waals surface area contributed by atoms with Gasteiger partial charge in [-0.3, -0.25) is 4.79 Å². The molecule has 1 atom stereocenters. The van der Waals surface area contributed by atoms with Crippen LogP contribution in [0.2, 0.25) is 0 Å². The highest BCUT2D eigenvalue weighted by atomic mass is 79.9. The van der Waals surface area contributed by atoms with E-state index in [1.165, 1.54) is 6.92 Å². The first-order valence-electron chi connectivity index (χ1n) is 2.22. The van der Waals surface area contributed by atoms with E-state index in [4.69, 9.17) is 34.8 Å². The van der Waals surface area contributed by atoms with Crippen LogP contribution in [-0.2, 0) is 9.53 Å². The minimum Gasteiger partial charge on any atom is -0.446 e. The zero-order chi connectivity index (χ0) is 8.36. The molecule has 0 amide bonds. The molecule has 0 aliphatic rings. The molecule has 0 spiro atoms. The average Bonchev–Trinajstić information content (AvgIpc) is 1.60. The third-order valence-electron chi connectivity index (χ3n) is 0.527. The van der Waals surface area contributed by atoms with Crippen molar-refractivity contribution in [3.63, 3.8) is 0 Å². The molecule has 10 heavy (non-hydrogen) atoms. The van der Waals surface area contributed by atoms with E-state index in [0.717, 1.165) is 0 Å². The molecule has 60 valence electrons. The van der Waals surface area contributed by atoms with E-state index in [1.807, 2.05) is 0 Å². The SMILES string of the molecule is CC(=O)OC(Br)C(Cl)(Cl)Cl. The molecule has 0 saturated heterocycles. The Morgan fingerprint density at radius 1 is 1.60 bits per heavy atom. The second-order valence-corrected chi connectivity index (χ2v) is 4.67. The average molecular weight is 270 g/mol. The molecule has 0 bridgehead atoms. The largest absolute Gasteiger partial charge is 0.446 e. The van der Waals surface area contributed by atoms with Crippen LogP contribution in [0, 0.1) is 0 Å². The van der Waals surface area contributed by atoms with Crippen LogP contribution in [0.25, 0.3) is 0 Å². The highest BCUT2D eigenvalue weighted by molar-refractivity contribution is 9.09. The van der Waals surface area contributed by atoms with Crippen molar-refractivity contribution >= 4 is 56.7 Å². The van der Waals surface area contributed by atoms with Gasteiger partial charge in [0.15, 0.2) is 0 Å². The van der Waals surface area contributed by atoms with Crippen molar-refractivity contribution in [3.8, 4) is 0 Å². The molecule has 0 aromatic carbocycles. The van der Waals surface area contributed by atoms with Gasteiger partial charge in [-0.1, -0.05) is 34.8 Å². The van der Waals surface area contributed by atoms with Crippen LogP contribution < -0.4 is 0 Å².